The summed E-state index contributed by atoms with van der Waals surface area (Å²) in [6.45, 7) is 2.89. The molecule has 1 aromatic carbocycles. The van der Waals surface area contributed by atoms with E-state index in [0.29, 0.717) is 13.1 Å². The standard InChI is InChI=1S/C12H14ClFN2O/c13-10-4-1-3-9(11(10)14)12(17)16-7-2-5-15-6-8-16/h1,3-4,15H,2,5-8H2. The van der Waals surface area contributed by atoms with Crippen molar-refractivity contribution in [2.45, 2.75) is 6.42 Å². The van der Waals surface area contributed by atoms with E-state index in [9.17, 15) is 9.18 Å². The van der Waals surface area contributed by atoms with E-state index in [2.05, 4.69) is 5.32 Å². The maximum Gasteiger partial charge on any atom is 0.256 e. The smallest absolute Gasteiger partial charge is 0.256 e. The second kappa shape index (κ2) is 5.47. The molecule has 1 N–H and O–H groups in total. The zero-order chi connectivity index (χ0) is 12.3. The highest BCUT2D eigenvalue weighted by molar-refractivity contribution is 6.31. The van der Waals surface area contributed by atoms with Crippen molar-refractivity contribution in [1.82, 2.24) is 10.2 Å². The number of benzene rings is 1. The minimum Gasteiger partial charge on any atom is -0.337 e. The lowest BCUT2D eigenvalue weighted by atomic mass is 10.2. The Labute approximate surface area is 105 Å². The molecule has 92 valence electrons. The van der Waals surface area contributed by atoms with Crippen LogP contribution in [-0.4, -0.2) is 37.0 Å². The molecule has 1 heterocycles. The predicted molar refractivity (Wildman–Crippen MR) is 64.8 cm³/mol. The van der Waals surface area contributed by atoms with Crippen LogP contribution in [0.4, 0.5) is 4.39 Å². The zero-order valence-electron chi connectivity index (χ0n) is 9.38. The van der Waals surface area contributed by atoms with E-state index in [-0.39, 0.29) is 16.5 Å². The molecule has 0 bridgehead atoms. The molecule has 17 heavy (non-hydrogen) atoms. The molecule has 1 aliphatic rings. The van der Waals surface area contributed by atoms with Crippen molar-refractivity contribution < 1.29 is 9.18 Å². The van der Waals surface area contributed by atoms with E-state index in [0.717, 1.165) is 19.5 Å². The zero-order valence-corrected chi connectivity index (χ0v) is 10.1. The third-order valence-electron chi connectivity index (χ3n) is 2.81. The van der Waals surface area contributed by atoms with Gasteiger partial charge in [0.15, 0.2) is 5.82 Å². The lowest BCUT2D eigenvalue weighted by Crippen LogP contribution is -2.34. The molecule has 2 rings (SSSR count). The minimum absolute atomic E-state index is 0.0104. The molecule has 1 saturated heterocycles. The maximum atomic E-state index is 13.7. The number of nitrogens with one attached hydrogen (secondary N) is 1. The molecule has 1 amide bonds. The van der Waals surface area contributed by atoms with Crippen LogP contribution >= 0.6 is 11.6 Å². The van der Waals surface area contributed by atoms with Gasteiger partial charge in [0.1, 0.15) is 0 Å². The van der Waals surface area contributed by atoms with Crippen LogP contribution in [0.5, 0.6) is 0 Å². The van der Waals surface area contributed by atoms with Crippen molar-refractivity contribution in [3.63, 3.8) is 0 Å². The number of halogens is 2. The molecule has 0 radical (unpaired) electrons. The maximum absolute atomic E-state index is 13.7. The van der Waals surface area contributed by atoms with Crippen LogP contribution in [0.25, 0.3) is 0 Å². The third kappa shape index (κ3) is 2.76. The number of nitrogens with zero attached hydrogens (tertiary/aromatic N) is 1. The molecule has 0 unspecified atom stereocenters. The Balaban J connectivity index is 2.20. The lowest BCUT2D eigenvalue weighted by Gasteiger charge is -2.20. The van der Waals surface area contributed by atoms with E-state index in [1.54, 1.807) is 11.0 Å². The first-order valence-electron chi connectivity index (χ1n) is 5.64. The summed E-state index contributed by atoms with van der Waals surface area (Å²) in [7, 11) is 0. The van der Waals surface area contributed by atoms with Crippen LogP contribution in [0.1, 0.15) is 16.8 Å². The molecule has 0 atom stereocenters. The Bertz CT molecular complexity index is 417. The summed E-state index contributed by atoms with van der Waals surface area (Å²) >= 11 is 5.67. The topological polar surface area (TPSA) is 32.3 Å². The molecule has 0 saturated carbocycles. The Kier molecular flexibility index (Phi) is 3.97. The monoisotopic (exact) mass is 256 g/mol. The number of hydrogen-bond acceptors (Lipinski definition) is 2. The molecule has 5 heteroatoms. The number of carbonyl (C=O) groups excluding carboxylic acids is 1. The summed E-state index contributed by atoms with van der Waals surface area (Å²) in [5.41, 5.74) is 0.0550. The van der Waals surface area contributed by atoms with Gasteiger partial charge in [-0.1, -0.05) is 17.7 Å². The van der Waals surface area contributed by atoms with Gasteiger partial charge in [-0.25, -0.2) is 4.39 Å². The van der Waals surface area contributed by atoms with Gasteiger partial charge in [0, 0.05) is 19.6 Å². The Hall–Kier alpha value is -1.13. The van der Waals surface area contributed by atoms with Gasteiger partial charge in [0.25, 0.3) is 5.91 Å². The van der Waals surface area contributed by atoms with Crippen LogP contribution in [0.2, 0.25) is 5.02 Å². The molecular formula is C12H14ClFN2O. The van der Waals surface area contributed by atoms with Crippen LogP contribution in [-0.2, 0) is 0 Å². The summed E-state index contributed by atoms with van der Waals surface area (Å²) in [6, 6.07) is 4.51. The molecular weight excluding hydrogens is 243 g/mol. The lowest BCUT2D eigenvalue weighted by molar-refractivity contribution is 0.0761. The van der Waals surface area contributed by atoms with Gasteiger partial charge in [0.2, 0.25) is 0 Å². The highest BCUT2D eigenvalue weighted by Crippen LogP contribution is 2.19. The van der Waals surface area contributed by atoms with Gasteiger partial charge in [-0.05, 0) is 25.1 Å². The average molecular weight is 257 g/mol. The largest absolute Gasteiger partial charge is 0.337 e. The fraction of sp³-hybridized carbons (Fsp3) is 0.417. The second-order valence-electron chi connectivity index (χ2n) is 4.00. The van der Waals surface area contributed by atoms with Gasteiger partial charge in [-0.15, -0.1) is 0 Å². The fourth-order valence-corrected chi connectivity index (χ4v) is 2.06. The van der Waals surface area contributed by atoms with Gasteiger partial charge >= 0.3 is 0 Å². The molecule has 0 aliphatic carbocycles. The Morgan fingerprint density at radius 1 is 1.35 bits per heavy atom. The number of hydrogen-bond donors (Lipinski definition) is 1. The van der Waals surface area contributed by atoms with E-state index < -0.39 is 5.82 Å². The van der Waals surface area contributed by atoms with E-state index in [4.69, 9.17) is 11.6 Å². The van der Waals surface area contributed by atoms with E-state index in [1.165, 1.54) is 12.1 Å². The summed E-state index contributed by atoms with van der Waals surface area (Å²) in [5.74, 6) is -0.912. The van der Waals surface area contributed by atoms with Crippen LogP contribution in [0, 0.1) is 5.82 Å². The van der Waals surface area contributed by atoms with Gasteiger partial charge in [0.05, 0.1) is 10.6 Å². The Morgan fingerprint density at radius 2 is 2.18 bits per heavy atom. The molecule has 1 aromatic rings. The van der Waals surface area contributed by atoms with Gasteiger partial charge in [-0.3, -0.25) is 4.79 Å². The molecule has 1 aliphatic heterocycles. The summed E-state index contributed by atoms with van der Waals surface area (Å²) in [6.07, 6.45) is 0.883. The highest BCUT2D eigenvalue weighted by atomic mass is 35.5. The Morgan fingerprint density at radius 3 is 3.00 bits per heavy atom. The summed E-state index contributed by atoms with van der Waals surface area (Å²) < 4.78 is 13.7. The quantitative estimate of drug-likeness (QED) is 0.833. The molecule has 0 aromatic heterocycles. The van der Waals surface area contributed by atoms with E-state index in [1.807, 2.05) is 0 Å². The second-order valence-corrected chi connectivity index (χ2v) is 4.40. The van der Waals surface area contributed by atoms with Crippen molar-refractivity contribution in [1.29, 1.82) is 0 Å². The van der Waals surface area contributed by atoms with Crippen molar-refractivity contribution in [2.24, 2.45) is 0 Å². The summed E-state index contributed by atoms with van der Waals surface area (Å²) in [5, 5.41) is 3.19. The number of rotatable bonds is 1. The molecule has 0 spiro atoms. The number of amides is 1. The average Bonchev–Trinajstić information content (AvgIpc) is 2.60. The fourth-order valence-electron chi connectivity index (χ4n) is 1.89. The first-order chi connectivity index (χ1) is 8.20. The minimum atomic E-state index is -0.628. The number of carbonyl (C=O) groups is 1. The van der Waals surface area contributed by atoms with Crippen LogP contribution < -0.4 is 5.32 Å². The van der Waals surface area contributed by atoms with Crippen molar-refractivity contribution >= 4 is 17.5 Å². The molecule has 1 fully saturated rings. The van der Waals surface area contributed by atoms with Crippen LogP contribution in [0.15, 0.2) is 18.2 Å². The summed E-state index contributed by atoms with van der Waals surface area (Å²) in [4.78, 5) is 13.8. The normalized spacial score (nSPS) is 16.7. The van der Waals surface area contributed by atoms with E-state index >= 15 is 0 Å². The van der Waals surface area contributed by atoms with Gasteiger partial charge < -0.3 is 10.2 Å². The first kappa shape index (κ1) is 12.3. The highest BCUT2D eigenvalue weighted by Gasteiger charge is 2.21. The first-order valence-corrected chi connectivity index (χ1v) is 6.02. The SMILES string of the molecule is O=C(c1cccc(Cl)c1F)N1CCCNCC1. The molecule has 3 nitrogen and oxygen atoms in total. The van der Waals surface area contributed by atoms with Crippen molar-refractivity contribution in [3.05, 3.63) is 34.6 Å². The third-order valence-corrected chi connectivity index (χ3v) is 3.10. The van der Waals surface area contributed by atoms with Gasteiger partial charge in [-0.2, -0.15) is 0 Å². The van der Waals surface area contributed by atoms with Crippen molar-refractivity contribution in [3.8, 4) is 0 Å². The van der Waals surface area contributed by atoms with Crippen molar-refractivity contribution in [2.75, 3.05) is 26.2 Å². The van der Waals surface area contributed by atoms with Crippen LogP contribution in [0.3, 0.4) is 0 Å². The predicted octanol–water partition coefficient (Wildman–Crippen LogP) is 1.91.